The van der Waals surface area contributed by atoms with Crippen molar-refractivity contribution < 1.29 is 13.6 Å². The minimum absolute atomic E-state index is 0.454. The average molecular weight is 161 g/mol. The Morgan fingerprint density at radius 2 is 2.36 bits per heavy atom. The van der Waals surface area contributed by atoms with E-state index in [0.717, 1.165) is 0 Å². The third-order valence-corrected chi connectivity index (χ3v) is 1.67. The predicted octanol–water partition coefficient (Wildman–Crippen LogP) is 1.09. The molecule has 1 heterocycles. The zero-order chi connectivity index (χ0) is 8.43. The third kappa shape index (κ3) is 1.39. The smallest absolute Gasteiger partial charge is 0.265 e. The lowest BCUT2D eigenvalue weighted by atomic mass is 10.1. The van der Waals surface area contributed by atoms with Gasteiger partial charge in [-0.25, -0.2) is 8.78 Å². The van der Waals surface area contributed by atoms with E-state index in [9.17, 15) is 13.6 Å². The molecule has 4 heteroatoms. The standard InChI is InChI=1S/C7H9F2NO/c1-2-4-3-10-5(6(4)11)7(8)9/h3,5,7,10H,2H2,1H3. The molecule has 0 radical (unpaired) electrons. The van der Waals surface area contributed by atoms with Crippen LogP contribution in [-0.2, 0) is 4.79 Å². The molecule has 1 rings (SSSR count). The van der Waals surface area contributed by atoms with E-state index in [1.807, 2.05) is 0 Å². The zero-order valence-electron chi connectivity index (χ0n) is 6.10. The summed E-state index contributed by atoms with van der Waals surface area (Å²) in [5.74, 6) is -0.470. The van der Waals surface area contributed by atoms with Gasteiger partial charge in [0.1, 0.15) is 0 Å². The number of alkyl halides is 2. The number of ketones is 1. The van der Waals surface area contributed by atoms with E-state index in [1.54, 1.807) is 6.92 Å². The number of halogens is 2. The summed E-state index contributed by atoms with van der Waals surface area (Å²) in [6, 6.07) is -1.30. The Labute approximate surface area is 63.3 Å². The summed E-state index contributed by atoms with van der Waals surface area (Å²) in [6.45, 7) is 1.76. The number of carbonyl (C=O) groups is 1. The highest BCUT2D eigenvalue weighted by Gasteiger charge is 2.32. The number of hydrogen-bond acceptors (Lipinski definition) is 2. The Kier molecular flexibility index (Phi) is 2.22. The van der Waals surface area contributed by atoms with Crippen molar-refractivity contribution in [3.8, 4) is 0 Å². The first-order valence-corrected chi connectivity index (χ1v) is 3.44. The van der Waals surface area contributed by atoms with Crippen molar-refractivity contribution in [1.82, 2.24) is 5.32 Å². The van der Waals surface area contributed by atoms with Crippen molar-refractivity contribution in [2.75, 3.05) is 0 Å². The molecular formula is C7H9F2NO. The van der Waals surface area contributed by atoms with Crippen molar-refractivity contribution in [2.24, 2.45) is 0 Å². The number of Topliss-reactive ketones (excluding diaryl/α,β-unsaturated/α-hetero) is 1. The van der Waals surface area contributed by atoms with Gasteiger partial charge in [-0.1, -0.05) is 6.92 Å². The van der Waals surface area contributed by atoms with Crippen molar-refractivity contribution in [2.45, 2.75) is 25.8 Å². The molecule has 0 saturated carbocycles. The Bertz CT molecular complexity index is 201. The van der Waals surface area contributed by atoms with Crippen molar-refractivity contribution in [3.05, 3.63) is 11.8 Å². The molecule has 11 heavy (non-hydrogen) atoms. The van der Waals surface area contributed by atoms with Gasteiger partial charge in [-0.3, -0.25) is 4.79 Å². The van der Waals surface area contributed by atoms with E-state index in [4.69, 9.17) is 0 Å². The summed E-state index contributed by atoms with van der Waals surface area (Å²) in [6.07, 6.45) is -0.725. The molecule has 0 amide bonds. The molecule has 0 aliphatic carbocycles. The van der Waals surface area contributed by atoms with Gasteiger partial charge in [-0.2, -0.15) is 0 Å². The lowest BCUT2D eigenvalue weighted by molar-refractivity contribution is -0.119. The van der Waals surface area contributed by atoms with Crippen LogP contribution in [0.1, 0.15) is 13.3 Å². The maximum absolute atomic E-state index is 12.0. The third-order valence-electron chi connectivity index (χ3n) is 1.67. The van der Waals surface area contributed by atoms with E-state index in [2.05, 4.69) is 5.32 Å². The van der Waals surface area contributed by atoms with Crippen molar-refractivity contribution >= 4 is 5.78 Å². The highest BCUT2D eigenvalue weighted by Crippen LogP contribution is 2.15. The highest BCUT2D eigenvalue weighted by atomic mass is 19.3. The van der Waals surface area contributed by atoms with Crippen LogP contribution in [0.15, 0.2) is 11.8 Å². The van der Waals surface area contributed by atoms with Crippen molar-refractivity contribution in [3.63, 3.8) is 0 Å². The fraction of sp³-hybridized carbons (Fsp3) is 0.571. The molecule has 0 aromatic heterocycles. The molecule has 0 fully saturated rings. The quantitative estimate of drug-likeness (QED) is 0.656. The van der Waals surface area contributed by atoms with Gasteiger partial charge in [0.25, 0.3) is 6.43 Å². The van der Waals surface area contributed by atoms with Gasteiger partial charge >= 0.3 is 0 Å². The lowest BCUT2D eigenvalue weighted by Gasteiger charge is -2.07. The zero-order valence-corrected chi connectivity index (χ0v) is 6.10. The number of carbonyl (C=O) groups excluding carboxylic acids is 1. The summed E-state index contributed by atoms with van der Waals surface area (Å²) in [5, 5.41) is 2.35. The van der Waals surface area contributed by atoms with Crippen LogP contribution in [-0.4, -0.2) is 18.3 Å². The molecule has 0 saturated heterocycles. The van der Waals surface area contributed by atoms with Gasteiger partial charge in [0.05, 0.1) is 0 Å². The summed E-state index contributed by atoms with van der Waals surface area (Å²) in [4.78, 5) is 11.0. The average Bonchev–Trinajstić information content (AvgIpc) is 2.30. The maximum Gasteiger partial charge on any atom is 0.265 e. The van der Waals surface area contributed by atoms with Crippen LogP contribution < -0.4 is 5.32 Å². The summed E-state index contributed by atoms with van der Waals surface area (Å²) < 4.78 is 24.0. The minimum atomic E-state index is -2.61. The van der Waals surface area contributed by atoms with Crippen LogP contribution in [0.5, 0.6) is 0 Å². The maximum atomic E-state index is 12.0. The van der Waals surface area contributed by atoms with E-state index in [0.29, 0.717) is 12.0 Å². The second kappa shape index (κ2) is 2.98. The largest absolute Gasteiger partial charge is 0.376 e. The second-order valence-electron chi connectivity index (χ2n) is 2.37. The first-order chi connectivity index (χ1) is 5.16. The Hall–Kier alpha value is -0.930. The molecule has 0 aromatic carbocycles. The van der Waals surface area contributed by atoms with E-state index < -0.39 is 18.3 Å². The SMILES string of the molecule is CCC1=CNC(C(F)F)C1=O. The Balaban J connectivity index is 2.64. The van der Waals surface area contributed by atoms with E-state index in [-0.39, 0.29) is 0 Å². The first kappa shape index (κ1) is 8.17. The van der Waals surface area contributed by atoms with Crippen molar-refractivity contribution in [1.29, 1.82) is 0 Å². The molecule has 0 aromatic rings. The van der Waals surface area contributed by atoms with Crippen LogP contribution in [0.4, 0.5) is 8.78 Å². The van der Waals surface area contributed by atoms with Gasteiger partial charge < -0.3 is 5.32 Å². The molecule has 1 aliphatic heterocycles. The van der Waals surface area contributed by atoms with Gasteiger partial charge in [-0.15, -0.1) is 0 Å². The number of hydrogen-bond donors (Lipinski definition) is 1. The monoisotopic (exact) mass is 161 g/mol. The fourth-order valence-corrected chi connectivity index (χ4v) is 1.00. The van der Waals surface area contributed by atoms with Gasteiger partial charge in [0, 0.05) is 11.8 Å². The highest BCUT2D eigenvalue weighted by molar-refractivity contribution is 6.01. The molecule has 62 valence electrons. The number of rotatable bonds is 2. The molecule has 1 unspecified atom stereocenters. The molecule has 1 aliphatic rings. The normalized spacial score (nSPS) is 23.8. The first-order valence-electron chi connectivity index (χ1n) is 3.44. The van der Waals surface area contributed by atoms with E-state index >= 15 is 0 Å². The molecular weight excluding hydrogens is 152 g/mol. The minimum Gasteiger partial charge on any atom is -0.376 e. The molecule has 1 N–H and O–H groups in total. The molecule has 0 spiro atoms. The van der Waals surface area contributed by atoms with E-state index in [1.165, 1.54) is 6.20 Å². The van der Waals surface area contributed by atoms with Crippen LogP contribution in [0.25, 0.3) is 0 Å². The Morgan fingerprint density at radius 3 is 2.64 bits per heavy atom. The Morgan fingerprint density at radius 1 is 1.73 bits per heavy atom. The second-order valence-corrected chi connectivity index (χ2v) is 2.37. The van der Waals surface area contributed by atoms with Crippen LogP contribution in [0, 0.1) is 0 Å². The molecule has 1 atom stereocenters. The molecule has 2 nitrogen and oxygen atoms in total. The fourth-order valence-electron chi connectivity index (χ4n) is 1.00. The molecule has 0 bridgehead atoms. The van der Waals surface area contributed by atoms with Crippen LogP contribution in [0.3, 0.4) is 0 Å². The lowest BCUT2D eigenvalue weighted by Crippen LogP contribution is -2.34. The van der Waals surface area contributed by atoms with Gasteiger partial charge in [0.2, 0.25) is 0 Å². The van der Waals surface area contributed by atoms with Gasteiger partial charge in [-0.05, 0) is 6.42 Å². The number of nitrogens with one attached hydrogen (secondary N) is 1. The van der Waals surface area contributed by atoms with Gasteiger partial charge in [0.15, 0.2) is 11.8 Å². The topological polar surface area (TPSA) is 29.1 Å². The summed E-state index contributed by atoms with van der Waals surface area (Å²) in [5.41, 5.74) is 0.454. The predicted molar refractivity (Wildman–Crippen MR) is 36.3 cm³/mol. The summed E-state index contributed by atoms with van der Waals surface area (Å²) >= 11 is 0. The summed E-state index contributed by atoms with van der Waals surface area (Å²) in [7, 11) is 0. The van der Waals surface area contributed by atoms with Crippen LogP contribution >= 0.6 is 0 Å². The van der Waals surface area contributed by atoms with Crippen LogP contribution in [0.2, 0.25) is 0 Å².